The zero-order chi connectivity index (χ0) is 20.8. The van der Waals surface area contributed by atoms with Crippen molar-refractivity contribution in [1.82, 2.24) is 14.7 Å². The second-order valence-electron chi connectivity index (χ2n) is 8.22. The second kappa shape index (κ2) is 9.72. The number of hydrogen-bond donors (Lipinski definition) is 1. The van der Waals surface area contributed by atoms with E-state index in [4.69, 9.17) is 0 Å². The van der Waals surface area contributed by atoms with Gasteiger partial charge in [-0.25, -0.2) is 4.68 Å². The van der Waals surface area contributed by atoms with Crippen LogP contribution in [0.5, 0.6) is 0 Å². The first-order valence-electron chi connectivity index (χ1n) is 10.9. The Morgan fingerprint density at radius 3 is 2.60 bits per heavy atom. The highest BCUT2D eigenvalue weighted by Gasteiger charge is 2.19. The minimum atomic E-state index is -0.0182. The van der Waals surface area contributed by atoms with Gasteiger partial charge < -0.3 is 5.32 Å². The number of carbonyl (C=O) groups excluding carboxylic acids is 1. The number of carbonyl (C=O) groups is 1. The van der Waals surface area contributed by atoms with Gasteiger partial charge in [-0.1, -0.05) is 55.7 Å². The fourth-order valence-corrected chi connectivity index (χ4v) is 4.25. The van der Waals surface area contributed by atoms with E-state index in [1.54, 1.807) is 10.9 Å². The van der Waals surface area contributed by atoms with Gasteiger partial charge in [0, 0.05) is 24.5 Å². The first-order valence-corrected chi connectivity index (χ1v) is 10.9. The number of amides is 1. The molecule has 5 heteroatoms. The molecule has 1 N–H and O–H groups in total. The van der Waals surface area contributed by atoms with E-state index in [9.17, 15) is 4.79 Å². The Labute approximate surface area is 178 Å². The van der Waals surface area contributed by atoms with Gasteiger partial charge in [0.2, 0.25) is 5.91 Å². The maximum atomic E-state index is 12.7. The Kier molecular flexibility index (Phi) is 6.60. The van der Waals surface area contributed by atoms with Gasteiger partial charge in [-0.3, -0.25) is 9.69 Å². The summed E-state index contributed by atoms with van der Waals surface area (Å²) < 4.78 is 1.80. The van der Waals surface area contributed by atoms with Crippen molar-refractivity contribution in [2.45, 2.75) is 51.1 Å². The molecule has 1 aromatic heterocycles. The average molecular weight is 403 g/mol. The maximum Gasteiger partial charge on any atom is 0.228 e. The number of rotatable bonds is 7. The fraction of sp³-hybridized carbons (Fsp3) is 0.360. The summed E-state index contributed by atoms with van der Waals surface area (Å²) in [5, 5.41) is 7.50. The van der Waals surface area contributed by atoms with E-state index in [0.717, 1.165) is 23.5 Å². The summed E-state index contributed by atoms with van der Waals surface area (Å²) >= 11 is 0. The molecule has 1 saturated carbocycles. The minimum Gasteiger partial charge on any atom is -0.325 e. The lowest BCUT2D eigenvalue weighted by Crippen LogP contribution is -2.33. The Bertz CT molecular complexity index is 960. The molecule has 2 aromatic carbocycles. The van der Waals surface area contributed by atoms with Gasteiger partial charge >= 0.3 is 0 Å². The van der Waals surface area contributed by atoms with Crippen molar-refractivity contribution in [3.8, 4) is 5.69 Å². The Morgan fingerprint density at radius 2 is 1.80 bits per heavy atom. The van der Waals surface area contributed by atoms with Gasteiger partial charge in [0.05, 0.1) is 18.3 Å². The van der Waals surface area contributed by atoms with E-state index >= 15 is 0 Å². The number of benzene rings is 2. The lowest BCUT2D eigenvalue weighted by Gasteiger charge is -2.31. The number of hydrogen-bond acceptors (Lipinski definition) is 3. The van der Waals surface area contributed by atoms with Crippen LogP contribution < -0.4 is 5.32 Å². The fourth-order valence-electron chi connectivity index (χ4n) is 4.25. The van der Waals surface area contributed by atoms with Crippen LogP contribution in [-0.4, -0.2) is 33.7 Å². The molecule has 30 heavy (non-hydrogen) atoms. The van der Waals surface area contributed by atoms with Gasteiger partial charge in [0.1, 0.15) is 0 Å². The van der Waals surface area contributed by atoms with E-state index < -0.39 is 0 Å². The van der Waals surface area contributed by atoms with Crippen LogP contribution in [0.15, 0.2) is 67.0 Å². The van der Waals surface area contributed by atoms with E-state index in [1.807, 2.05) is 54.7 Å². The maximum absolute atomic E-state index is 12.7. The lowest BCUT2D eigenvalue weighted by molar-refractivity contribution is -0.115. The van der Waals surface area contributed by atoms with E-state index in [1.165, 1.54) is 37.7 Å². The third-order valence-electron chi connectivity index (χ3n) is 5.93. The molecule has 1 aliphatic carbocycles. The Hall–Kier alpha value is -2.92. The smallest absolute Gasteiger partial charge is 0.228 e. The summed E-state index contributed by atoms with van der Waals surface area (Å²) in [5.41, 5.74) is 3.95. The normalized spacial score (nSPS) is 14.7. The highest BCUT2D eigenvalue weighted by Crippen LogP contribution is 2.25. The summed E-state index contributed by atoms with van der Waals surface area (Å²) in [6.07, 6.45) is 10.5. The third kappa shape index (κ3) is 5.16. The molecular weight excluding hydrogens is 372 g/mol. The monoisotopic (exact) mass is 402 g/mol. The predicted octanol–water partition coefficient (Wildman–Crippen LogP) is 4.82. The van der Waals surface area contributed by atoms with Crippen LogP contribution in [0.2, 0.25) is 0 Å². The van der Waals surface area contributed by atoms with Crippen LogP contribution in [-0.2, 0) is 17.8 Å². The molecule has 0 unspecified atom stereocenters. The van der Waals surface area contributed by atoms with Gasteiger partial charge in [-0.15, -0.1) is 0 Å². The van der Waals surface area contributed by atoms with Crippen LogP contribution in [0.4, 0.5) is 5.69 Å². The summed E-state index contributed by atoms with van der Waals surface area (Å²) in [6.45, 7) is 0.854. The SMILES string of the molecule is CN(Cc1ccccc1NC(=O)Cc1cnn(-c2ccccc2)c1)C1CCCCC1. The van der Waals surface area contributed by atoms with Crippen molar-refractivity contribution in [3.63, 3.8) is 0 Å². The van der Waals surface area contributed by atoms with Crippen molar-refractivity contribution in [3.05, 3.63) is 78.1 Å². The summed E-state index contributed by atoms with van der Waals surface area (Å²) in [7, 11) is 2.20. The number of anilines is 1. The largest absolute Gasteiger partial charge is 0.325 e. The lowest BCUT2D eigenvalue weighted by atomic mass is 9.94. The van der Waals surface area contributed by atoms with Gasteiger partial charge in [0.25, 0.3) is 0 Å². The molecule has 4 rings (SSSR count). The molecule has 0 aliphatic heterocycles. The van der Waals surface area contributed by atoms with Crippen molar-refractivity contribution in [1.29, 1.82) is 0 Å². The number of nitrogens with one attached hydrogen (secondary N) is 1. The van der Waals surface area contributed by atoms with Gasteiger partial charge in [0.15, 0.2) is 0 Å². The second-order valence-corrected chi connectivity index (χ2v) is 8.22. The molecule has 5 nitrogen and oxygen atoms in total. The highest BCUT2D eigenvalue weighted by atomic mass is 16.1. The van der Waals surface area contributed by atoms with Crippen molar-refractivity contribution < 1.29 is 4.79 Å². The molecule has 1 fully saturated rings. The Morgan fingerprint density at radius 1 is 1.07 bits per heavy atom. The molecule has 156 valence electrons. The van der Waals surface area contributed by atoms with Crippen LogP contribution >= 0.6 is 0 Å². The first kappa shape index (κ1) is 20.4. The summed E-state index contributed by atoms with van der Waals surface area (Å²) in [5.74, 6) is -0.0182. The molecule has 1 aliphatic rings. The van der Waals surface area contributed by atoms with Crippen molar-refractivity contribution >= 4 is 11.6 Å². The zero-order valence-electron chi connectivity index (χ0n) is 17.6. The molecule has 1 heterocycles. The van der Waals surface area contributed by atoms with Crippen LogP contribution in [0.25, 0.3) is 5.69 Å². The molecule has 0 radical (unpaired) electrons. The standard InChI is InChI=1S/C25H30N4O/c1-28(22-11-4-2-5-12-22)19-21-10-8-9-15-24(21)27-25(30)16-20-17-26-29(18-20)23-13-6-3-7-14-23/h3,6-10,13-15,17-18,22H,2,4-5,11-12,16,19H2,1H3,(H,27,30). The predicted molar refractivity (Wildman–Crippen MR) is 121 cm³/mol. The quantitative estimate of drug-likeness (QED) is 0.616. The first-order chi connectivity index (χ1) is 14.7. The summed E-state index contributed by atoms with van der Waals surface area (Å²) in [6, 6.07) is 18.7. The minimum absolute atomic E-state index is 0.0182. The van der Waals surface area contributed by atoms with Gasteiger partial charge in [-0.05, 0) is 49.2 Å². The zero-order valence-corrected chi connectivity index (χ0v) is 17.6. The number of aromatic nitrogens is 2. The Balaban J connectivity index is 1.38. The van der Waals surface area contributed by atoms with Crippen LogP contribution in [0, 0.1) is 0 Å². The number of para-hydroxylation sites is 2. The summed E-state index contributed by atoms with van der Waals surface area (Å²) in [4.78, 5) is 15.1. The van der Waals surface area contributed by atoms with Gasteiger partial charge in [-0.2, -0.15) is 5.10 Å². The van der Waals surface area contributed by atoms with E-state index in [-0.39, 0.29) is 5.91 Å². The molecule has 0 spiro atoms. The highest BCUT2D eigenvalue weighted by molar-refractivity contribution is 5.92. The molecule has 1 amide bonds. The molecule has 0 bridgehead atoms. The van der Waals surface area contributed by atoms with Crippen LogP contribution in [0.3, 0.4) is 0 Å². The number of nitrogens with zero attached hydrogens (tertiary/aromatic N) is 3. The van der Waals surface area contributed by atoms with Crippen molar-refractivity contribution in [2.75, 3.05) is 12.4 Å². The molecular formula is C25H30N4O. The molecule has 3 aromatic rings. The van der Waals surface area contributed by atoms with Crippen molar-refractivity contribution in [2.24, 2.45) is 0 Å². The average Bonchev–Trinajstić information content (AvgIpc) is 3.24. The third-order valence-corrected chi connectivity index (χ3v) is 5.93. The van der Waals surface area contributed by atoms with E-state index in [0.29, 0.717) is 12.5 Å². The molecule has 0 atom stereocenters. The topological polar surface area (TPSA) is 50.2 Å². The van der Waals surface area contributed by atoms with E-state index in [2.05, 4.69) is 28.4 Å². The van der Waals surface area contributed by atoms with Crippen LogP contribution in [0.1, 0.15) is 43.2 Å². The molecule has 0 saturated heterocycles.